The summed E-state index contributed by atoms with van der Waals surface area (Å²) in [6, 6.07) is 11.1. The van der Waals surface area contributed by atoms with Crippen LogP contribution in [0.15, 0.2) is 36.5 Å². The second kappa shape index (κ2) is 5.70. The molecule has 102 valence electrons. The summed E-state index contributed by atoms with van der Waals surface area (Å²) in [5.41, 5.74) is 2.66. The van der Waals surface area contributed by atoms with Crippen molar-refractivity contribution >= 4 is 10.9 Å². The molecule has 1 heterocycles. The molecule has 1 aromatic heterocycles. The monoisotopic (exact) mass is 256 g/mol. The third-order valence-corrected chi connectivity index (χ3v) is 4.06. The molecule has 2 nitrogen and oxygen atoms in total. The van der Waals surface area contributed by atoms with E-state index in [-0.39, 0.29) is 5.41 Å². The number of pyridine rings is 1. The molecule has 0 aliphatic rings. The molecular formula is C17H24N2. The van der Waals surface area contributed by atoms with E-state index in [4.69, 9.17) is 0 Å². The second-order valence-corrected chi connectivity index (χ2v) is 5.79. The van der Waals surface area contributed by atoms with Gasteiger partial charge in [0.05, 0.1) is 5.52 Å². The summed E-state index contributed by atoms with van der Waals surface area (Å²) in [4.78, 5) is 4.39. The molecule has 1 N–H and O–H groups in total. The van der Waals surface area contributed by atoms with Crippen LogP contribution in [0.5, 0.6) is 0 Å². The molecule has 1 aromatic carbocycles. The van der Waals surface area contributed by atoms with Crippen molar-refractivity contribution in [1.82, 2.24) is 10.3 Å². The van der Waals surface area contributed by atoms with Crippen LogP contribution in [-0.2, 0) is 0 Å². The highest BCUT2D eigenvalue weighted by atomic mass is 14.9. The molecule has 0 fully saturated rings. The predicted molar refractivity (Wildman–Crippen MR) is 82.2 cm³/mol. The van der Waals surface area contributed by atoms with Crippen molar-refractivity contribution in [2.75, 3.05) is 6.54 Å². The fourth-order valence-electron chi connectivity index (χ4n) is 2.53. The number of hydrogen-bond acceptors (Lipinski definition) is 2. The Morgan fingerprint density at radius 2 is 2.00 bits per heavy atom. The van der Waals surface area contributed by atoms with E-state index in [2.05, 4.69) is 62.3 Å². The molecule has 1 unspecified atom stereocenters. The first-order valence-corrected chi connectivity index (χ1v) is 7.16. The van der Waals surface area contributed by atoms with Crippen LogP contribution in [0.1, 0.15) is 45.7 Å². The fourth-order valence-corrected chi connectivity index (χ4v) is 2.53. The zero-order valence-electron chi connectivity index (χ0n) is 12.4. The molecule has 0 bridgehead atoms. The molecule has 0 amide bonds. The first-order valence-electron chi connectivity index (χ1n) is 7.16. The Labute approximate surface area is 116 Å². The summed E-state index contributed by atoms with van der Waals surface area (Å²) in [6.45, 7) is 10.1. The van der Waals surface area contributed by atoms with Gasteiger partial charge in [-0.25, -0.2) is 0 Å². The number of hydrogen-bond donors (Lipinski definition) is 1. The Morgan fingerprint density at radius 3 is 2.68 bits per heavy atom. The van der Waals surface area contributed by atoms with Crippen molar-refractivity contribution in [3.8, 4) is 0 Å². The number of rotatable bonds is 5. The van der Waals surface area contributed by atoms with Crippen molar-refractivity contribution in [2.45, 2.75) is 40.2 Å². The summed E-state index contributed by atoms with van der Waals surface area (Å²) in [7, 11) is 0. The minimum absolute atomic E-state index is 0.242. The third-order valence-electron chi connectivity index (χ3n) is 4.06. The van der Waals surface area contributed by atoms with Crippen LogP contribution in [0.25, 0.3) is 10.9 Å². The first-order chi connectivity index (χ1) is 9.08. The van der Waals surface area contributed by atoms with Crippen LogP contribution >= 0.6 is 0 Å². The average Bonchev–Trinajstić information content (AvgIpc) is 2.44. The van der Waals surface area contributed by atoms with E-state index in [1.807, 2.05) is 12.3 Å². The highest BCUT2D eigenvalue weighted by molar-refractivity contribution is 5.79. The van der Waals surface area contributed by atoms with Crippen molar-refractivity contribution in [2.24, 2.45) is 5.41 Å². The zero-order chi connectivity index (χ0) is 13.9. The van der Waals surface area contributed by atoms with Gasteiger partial charge in [-0.15, -0.1) is 0 Å². The number of aromatic nitrogens is 1. The van der Waals surface area contributed by atoms with Crippen LogP contribution in [0.3, 0.4) is 0 Å². The van der Waals surface area contributed by atoms with Gasteiger partial charge in [0.1, 0.15) is 0 Å². The summed E-state index contributed by atoms with van der Waals surface area (Å²) in [6.07, 6.45) is 3.00. The van der Waals surface area contributed by atoms with Crippen LogP contribution in [0.4, 0.5) is 0 Å². The quantitative estimate of drug-likeness (QED) is 0.861. The van der Waals surface area contributed by atoms with E-state index in [0.717, 1.165) is 18.5 Å². The topological polar surface area (TPSA) is 24.9 Å². The summed E-state index contributed by atoms with van der Waals surface area (Å²) in [5, 5.41) is 4.85. The Morgan fingerprint density at radius 1 is 1.21 bits per heavy atom. The Hall–Kier alpha value is -1.41. The molecule has 2 aromatic rings. The second-order valence-electron chi connectivity index (χ2n) is 5.79. The normalized spacial score (nSPS) is 13.7. The maximum Gasteiger partial charge on any atom is 0.0702 e. The molecule has 0 saturated carbocycles. The lowest BCUT2D eigenvalue weighted by molar-refractivity contribution is 0.237. The SMILES string of the molecule is CCNC(c1ccc2ncccc2c1)C(C)(C)CC. The van der Waals surface area contributed by atoms with Crippen molar-refractivity contribution < 1.29 is 0 Å². The number of benzene rings is 1. The Kier molecular flexibility index (Phi) is 4.20. The van der Waals surface area contributed by atoms with Gasteiger partial charge in [0.2, 0.25) is 0 Å². The average molecular weight is 256 g/mol. The van der Waals surface area contributed by atoms with Gasteiger partial charge in [-0.05, 0) is 42.1 Å². The van der Waals surface area contributed by atoms with Gasteiger partial charge in [-0.2, -0.15) is 0 Å². The lowest BCUT2D eigenvalue weighted by atomic mass is 9.78. The molecule has 0 aliphatic carbocycles. The molecule has 19 heavy (non-hydrogen) atoms. The molecule has 0 radical (unpaired) electrons. The minimum atomic E-state index is 0.242. The highest BCUT2D eigenvalue weighted by Crippen LogP contribution is 2.36. The van der Waals surface area contributed by atoms with Crippen LogP contribution in [-0.4, -0.2) is 11.5 Å². The predicted octanol–water partition coefficient (Wildman–Crippen LogP) is 4.32. The molecule has 2 rings (SSSR count). The smallest absolute Gasteiger partial charge is 0.0702 e. The zero-order valence-corrected chi connectivity index (χ0v) is 12.4. The minimum Gasteiger partial charge on any atom is -0.310 e. The summed E-state index contributed by atoms with van der Waals surface area (Å²) >= 11 is 0. The highest BCUT2D eigenvalue weighted by Gasteiger charge is 2.28. The third kappa shape index (κ3) is 2.95. The van der Waals surface area contributed by atoms with Crippen LogP contribution in [0.2, 0.25) is 0 Å². The first kappa shape index (κ1) is 14.0. The van der Waals surface area contributed by atoms with Gasteiger partial charge < -0.3 is 5.32 Å². The lowest BCUT2D eigenvalue weighted by Crippen LogP contribution is -2.33. The number of fused-ring (bicyclic) bond motifs is 1. The maximum absolute atomic E-state index is 4.39. The molecular weight excluding hydrogens is 232 g/mol. The van der Waals surface area contributed by atoms with E-state index >= 15 is 0 Å². The van der Waals surface area contributed by atoms with E-state index in [0.29, 0.717) is 6.04 Å². The molecule has 0 saturated heterocycles. The van der Waals surface area contributed by atoms with Gasteiger partial charge in [0.25, 0.3) is 0 Å². The van der Waals surface area contributed by atoms with E-state index < -0.39 is 0 Å². The number of nitrogens with one attached hydrogen (secondary N) is 1. The molecule has 0 aliphatic heterocycles. The van der Waals surface area contributed by atoms with Gasteiger partial charge in [-0.1, -0.05) is 39.8 Å². The van der Waals surface area contributed by atoms with Gasteiger partial charge in [0, 0.05) is 17.6 Å². The van der Waals surface area contributed by atoms with Crippen molar-refractivity contribution in [3.63, 3.8) is 0 Å². The van der Waals surface area contributed by atoms with Gasteiger partial charge >= 0.3 is 0 Å². The van der Waals surface area contributed by atoms with Crippen molar-refractivity contribution in [1.29, 1.82) is 0 Å². The summed E-state index contributed by atoms with van der Waals surface area (Å²) in [5.74, 6) is 0. The van der Waals surface area contributed by atoms with Crippen molar-refractivity contribution in [3.05, 3.63) is 42.1 Å². The van der Waals surface area contributed by atoms with Gasteiger partial charge in [-0.3, -0.25) is 4.98 Å². The maximum atomic E-state index is 4.39. The molecule has 2 heteroatoms. The van der Waals surface area contributed by atoms with E-state index in [1.54, 1.807) is 0 Å². The van der Waals surface area contributed by atoms with E-state index in [9.17, 15) is 0 Å². The Bertz CT molecular complexity index is 546. The fraction of sp³-hybridized carbons (Fsp3) is 0.471. The standard InChI is InChI=1S/C17H24N2/c1-5-17(3,4)16(18-6-2)14-9-10-15-13(12-14)8-7-11-19-15/h7-12,16,18H,5-6H2,1-4H3. The van der Waals surface area contributed by atoms with E-state index in [1.165, 1.54) is 10.9 Å². The Balaban J connectivity index is 2.44. The van der Waals surface area contributed by atoms with Gasteiger partial charge in [0.15, 0.2) is 0 Å². The lowest BCUT2D eigenvalue weighted by Gasteiger charge is -2.34. The molecule has 0 spiro atoms. The largest absolute Gasteiger partial charge is 0.310 e. The van der Waals surface area contributed by atoms with Crippen LogP contribution < -0.4 is 5.32 Å². The van der Waals surface area contributed by atoms with Crippen LogP contribution in [0, 0.1) is 5.41 Å². The number of nitrogens with zero attached hydrogens (tertiary/aromatic N) is 1. The summed E-state index contributed by atoms with van der Waals surface area (Å²) < 4.78 is 0. The molecule has 1 atom stereocenters.